The summed E-state index contributed by atoms with van der Waals surface area (Å²) in [5.41, 5.74) is 1.36. The third kappa shape index (κ3) is 2.97. The highest BCUT2D eigenvalue weighted by Gasteiger charge is 2.24. The van der Waals surface area contributed by atoms with Crippen molar-refractivity contribution in [2.75, 3.05) is 50.8 Å². The number of halogens is 1. The molecule has 4 heteroatoms. The zero-order chi connectivity index (χ0) is 12.4. The SMILES string of the molecule is Ic1ccc(N2CCN(CC3COC3)CC2)cc1. The summed E-state index contributed by atoms with van der Waals surface area (Å²) < 4.78 is 6.55. The van der Waals surface area contributed by atoms with E-state index in [1.54, 1.807) is 0 Å². The van der Waals surface area contributed by atoms with Crippen molar-refractivity contribution < 1.29 is 4.74 Å². The average Bonchev–Trinajstić information content (AvgIpc) is 2.36. The van der Waals surface area contributed by atoms with Gasteiger partial charge in [-0.15, -0.1) is 0 Å². The molecule has 2 fully saturated rings. The quantitative estimate of drug-likeness (QED) is 0.770. The second-order valence-corrected chi connectivity index (χ2v) is 6.41. The highest BCUT2D eigenvalue weighted by molar-refractivity contribution is 14.1. The molecule has 1 aromatic rings. The number of hydrogen-bond donors (Lipinski definition) is 0. The standard InChI is InChI=1S/C14H19IN2O/c15-13-1-3-14(4-2-13)17-7-5-16(6-8-17)9-12-10-18-11-12/h1-4,12H,5-11H2. The molecule has 3 rings (SSSR count). The van der Waals surface area contributed by atoms with E-state index in [1.165, 1.54) is 28.9 Å². The number of piperazine rings is 1. The molecule has 18 heavy (non-hydrogen) atoms. The van der Waals surface area contributed by atoms with Crippen molar-refractivity contribution in [1.82, 2.24) is 4.90 Å². The van der Waals surface area contributed by atoms with Gasteiger partial charge >= 0.3 is 0 Å². The number of ether oxygens (including phenoxy) is 1. The Balaban J connectivity index is 1.51. The Morgan fingerprint density at radius 3 is 2.28 bits per heavy atom. The molecule has 0 radical (unpaired) electrons. The monoisotopic (exact) mass is 358 g/mol. The van der Waals surface area contributed by atoms with Gasteiger partial charge in [-0.2, -0.15) is 0 Å². The molecule has 0 spiro atoms. The Labute approximate surface area is 122 Å². The van der Waals surface area contributed by atoms with Gasteiger partial charge < -0.3 is 9.64 Å². The van der Waals surface area contributed by atoms with Gasteiger partial charge in [-0.3, -0.25) is 4.90 Å². The van der Waals surface area contributed by atoms with Gasteiger partial charge in [0.1, 0.15) is 0 Å². The van der Waals surface area contributed by atoms with Crippen molar-refractivity contribution in [3.63, 3.8) is 0 Å². The molecule has 98 valence electrons. The van der Waals surface area contributed by atoms with E-state index >= 15 is 0 Å². The van der Waals surface area contributed by atoms with E-state index in [0.29, 0.717) is 0 Å². The number of nitrogens with zero attached hydrogens (tertiary/aromatic N) is 2. The lowest BCUT2D eigenvalue weighted by Gasteiger charge is -2.39. The van der Waals surface area contributed by atoms with Crippen molar-refractivity contribution in [3.05, 3.63) is 27.8 Å². The Morgan fingerprint density at radius 1 is 1.06 bits per heavy atom. The molecule has 0 saturated carbocycles. The summed E-state index contributed by atoms with van der Waals surface area (Å²) in [5.74, 6) is 0.787. The molecule has 3 nitrogen and oxygen atoms in total. The van der Waals surface area contributed by atoms with E-state index in [0.717, 1.165) is 32.2 Å². The minimum atomic E-state index is 0.787. The van der Waals surface area contributed by atoms with Crippen LogP contribution in [0.25, 0.3) is 0 Å². The number of hydrogen-bond acceptors (Lipinski definition) is 3. The molecular weight excluding hydrogens is 339 g/mol. The first-order chi connectivity index (χ1) is 8.81. The summed E-state index contributed by atoms with van der Waals surface area (Å²) in [6.45, 7) is 7.82. The van der Waals surface area contributed by atoms with E-state index in [9.17, 15) is 0 Å². The minimum absolute atomic E-state index is 0.787. The Morgan fingerprint density at radius 2 is 1.72 bits per heavy atom. The smallest absolute Gasteiger partial charge is 0.0528 e. The number of rotatable bonds is 3. The van der Waals surface area contributed by atoms with Crippen LogP contribution in [0.4, 0.5) is 5.69 Å². The molecule has 0 aromatic heterocycles. The summed E-state index contributed by atoms with van der Waals surface area (Å²) in [7, 11) is 0. The topological polar surface area (TPSA) is 15.7 Å². The van der Waals surface area contributed by atoms with Gasteiger partial charge in [-0.1, -0.05) is 0 Å². The lowest BCUT2D eigenvalue weighted by molar-refractivity contribution is -0.0468. The predicted molar refractivity (Wildman–Crippen MR) is 82.1 cm³/mol. The first-order valence-electron chi connectivity index (χ1n) is 6.62. The first kappa shape index (κ1) is 12.7. The van der Waals surface area contributed by atoms with Gasteiger partial charge in [0.05, 0.1) is 13.2 Å². The van der Waals surface area contributed by atoms with Gasteiger partial charge in [-0.05, 0) is 46.9 Å². The van der Waals surface area contributed by atoms with Crippen LogP contribution in [0, 0.1) is 9.49 Å². The predicted octanol–water partition coefficient (Wildman–Crippen LogP) is 2.06. The lowest BCUT2D eigenvalue weighted by atomic mass is 10.1. The highest BCUT2D eigenvalue weighted by atomic mass is 127. The van der Waals surface area contributed by atoms with E-state index in [4.69, 9.17) is 4.74 Å². The second kappa shape index (κ2) is 5.75. The molecule has 1 aromatic carbocycles. The molecule has 2 aliphatic rings. The molecule has 0 amide bonds. The van der Waals surface area contributed by atoms with Crippen LogP contribution in [0.3, 0.4) is 0 Å². The van der Waals surface area contributed by atoms with Crippen molar-refractivity contribution in [1.29, 1.82) is 0 Å². The van der Waals surface area contributed by atoms with Gasteiger partial charge in [0.25, 0.3) is 0 Å². The highest BCUT2D eigenvalue weighted by Crippen LogP contribution is 2.19. The second-order valence-electron chi connectivity index (χ2n) is 5.17. The van der Waals surface area contributed by atoms with Crippen LogP contribution in [0.15, 0.2) is 24.3 Å². The van der Waals surface area contributed by atoms with Crippen LogP contribution < -0.4 is 4.90 Å². The first-order valence-corrected chi connectivity index (χ1v) is 7.70. The Hall–Kier alpha value is -0.330. The Bertz CT molecular complexity index is 383. The van der Waals surface area contributed by atoms with Crippen LogP contribution in [0.1, 0.15) is 0 Å². The summed E-state index contributed by atoms with van der Waals surface area (Å²) in [6.07, 6.45) is 0. The fourth-order valence-electron chi connectivity index (χ4n) is 2.60. The Kier molecular flexibility index (Phi) is 4.06. The fraction of sp³-hybridized carbons (Fsp3) is 0.571. The molecule has 2 heterocycles. The number of anilines is 1. The third-order valence-electron chi connectivity index (χ3n) is 3.79. The summed E-state index contributed by atoms with van der Waals surface area (Å²) in [5, 5.41) is 0. The van der Waals surface area contributed by atoms with Crippen LogP contribution in [0.5, 0.6) is 0 Å². The van der Waals surface area contributed by atoms with Gasteiger partial charge in [0.15, 0.2) is 0 Å². The van der Waals surface area contributed by atoms with Crippen molar-refractivity contribution in [2.45, 2.75) is 0 Å². The zero-order valence-corrected chi connectivity index (χ0v) is 12.7. The zero-order valence-electron chi connectivity index (χ0n) is 10.5. The molecule has 0 bridgehead atoms. The average molecular weight is 358 g/mol. The molecule has 0 aliphatic carbocycles. The molecule has 2 saturated heterocycles. The van der Waals surface area contributed by atoms with Crippen molar-refractivity contribution >= 4 is 28.3 Å². The summed E-state index contributed by atoms with van der Waals surface area (Å²) in [6, 6.07) is 8.84. The van der Waals surface area contributed by atoms with Crippen LogP contribution in [0.2, 0.25) is 0 Å². The van der Waals surface area contributed by atoms with Gasteiger partial charge in [0, 0.05) is 47.9 Å². The van der Waals surface area contributed by atoms with E-state index in [1.807, 2.05) is 0 Å². The van der Waals surface area contributed by atoms with Gasteiger partial charge in [0.2, 0.25) is 0 Å². The fourth-order valence-corrected chi connectivity index (χ4v) is 2.96. The maximum atomic E-state index is 5.24. The summed E-state index contributed by atoms with van der Waals surface area (Å²) in [4.78, 5) is 5.07. The van der Waals surface area contributed by atoms with E-state index < -0.39 is 0 Å². The van der Waals surface area contributed by atoms with Crippen molar-refractivity contribution in [2.24, 2.45) is 5.92 Å². The van der Waals surface area contributed by atoms with E-state index in [-0.39, 0.29) is 0 Å². The van der Waals surface area contributed by atoms with Crippen LogP contribution in [-0.4, -0.2) is 50.8 Å². The van der Waals surface area contributed by atoms with E-state index in [2.05, 4.69) is 56.7 Å². The lowest BCUT2D eigenvalue weighted by Crippen LogP contribution is -2.50. The maximum Gasteiger partial charge on any atom is 0.0528 e. The molecule has 0 atom stereocenters. The van der Waals surface area contributed by atoms with Gasteiger partial charge in [-0.25, -0.2) is 0 Å². The largest absolute Gasteiger partial charge is 0.381 e. The molecular formula is C14H19IN2O. The normalized spacial score (nSPS) is 21.9. The molecule has 0 N–H and O–H groups in total. The van der Waals surface area contributed by atoms with Crippen LogP contribution >= 0.6 is 22.6 Å². The molecule has 0 unspecified atom stereocenters. The maximum absolute atomic E-state index is 5.24. The van der Waals surface area contributed by atoms with Crippen molar-refractivity contribution in [3.8, 4) is 0 Å². The number of benzene rings is 1. The minimum Gasteiger partial charge on any atom is -0.381 e. The molecule has 2 aliphatic heterocycles. The van der Waals surface area contributed by atoms with Crippen LogP contribution in [-0.2, 0) is 4.74 Å². The third-order valence-corrected chi connectivity index (χ3v) is 4.51. The summed E-state index contributed by atoms with van der Waals surface area (Å²) >= 11 is 2.36.